The van der Waals surface area contributed by atoms with Crippen LogP contribution in [0.4, 0.5) is 0 Å². The van der Waals surface area contributed by atoms with E-state index in [9.17, 15) is 9.59 Å². The van der Waals surface area contributed by atoms with Gasteiger partial charge in [-0.05, 0) is 64.2 Å². The topological polar surface area (TPSA) is 74.6 Å². The third-order valence-corrected chi connectivity index (χ3v) is 7.24. The Hall–Kier alpha value is -2.10. The highest BCUT2D eigenvalue weighted by atomic mass is 16.4. The summed E-state index contributed by atoms with van der Waals surface area (Å²) in [6.45, 7) is 4.49. The van der Waals surface area contributed by atoms with Crippen molar-refractivity contribution >= 4 is 11.9 Å². The van der Waals surface area contributed by atoms with Gasteiger partial charge in [-0.2, -0.15) is 0 Å². The van der Waals surface area contributed by atoms with Crippen molar-refractivity contribution in [3.8, 4) is 0 Å². The first-order valence-corrected chi connectivity index (χ1v) is 17.6. The molecule has 0 heterocycles. The highest BCUT2D eigenvalue weighted by molar-refractivity contribution is 5.66. The van der Waals surface area contributed by atoms with E-state index in [1.807, 2.05) is 0 Å². The molecule has 0 aromatic rings. The molecule has 4 heteroatoms. The monoisotopic (exact) mass is 589 g/mol. The van der Waals surface area contributed by atoms with Crippen LogP contribution in [0.5, 0.6) is 0 Å². The smallest absolute Gasteiger partial charge is 0.303 e. The largest absolute Gasteiger partial charge is 0.481 e. The number of carboxylic acids is 2. The SMILES string of the molecule is CCCCCC/C=C\C=C/CCCCCCCC(=O)O.CCCCCC/C=C\C=C/CCCCCCCCCC(=O)O. The van der Waals surface area contributed by atoms with Crippen molar-refractivity contribution in [1.29, 1.82) is 0 Å². The molecule has 2 N–H and O–H groups in total. The summed E-state index contributed by atoms with van der Waals surface area (Å²) in [6, 6.07) is 0. The fourth-order valence-electron chi connectivity index (χ4n) is 4.57. The summed E-state index contributed by atoms with van der Waals surface area (Å²) in [7, 11) is 0. The van der Waals surface area contributed by atoms with Crippen LogP contribution < -0.4 is 0 Å². The van der Waals surface area contributed by atoms with Crippen molar-refractivity contribution in [3.05, 3.63) is 48.6 Å². The van der Waals surface area contributed by atoms with Gasteiger partial charge in [-0.1, -0.05) is 152 Å². The number of hydrogen-bond acceptors (Lipinski definition) is 2. The lowest BCUT2D eigenvalue weighted by Gasteiger charge is -2.00. The van der Waals surface area contributed by atoms with E-state index in [4.69, 9.17) is 10.2 Å². The fourth-order valence-corrected chi connectivity index (χ4v) is 4.57. The molecule has 42 heavy (non-hydrogen) atoms. The molecule has 244 valence electrons. The lowest BCUT2D eigenvalue weighted by molar-refractivity contribution is -0.138. The van der Waals surface area contributed by atoms with E-state index in [0.29, 0.717) is 12.8 Å². The summed E-state index contributed by atoms with van der Waals surface area (Å²) in [5.74, 6) is -1.34. The quantitative estimate of drug-likeness (QED) is 0.0646. The van der Waals surface area contributed by atoms with Gasteiger partial charge in [0, 0.05) is 12.8 Å². The van der Waals surface area contributed by atoms with Gasteiger partial charge in [0.15, 0.2) is 0 Å². The lowest BCUT2D eigenvalue weighted by atomic mass is 10.1. The molecule has 0 aliphatic heterocycles. The second kappa shape index (κ2) is 38.9. The molecule has 0 aromatic carbocycles. The number of unbranched alkanes of at least 4 members (excludes halogenated alkanes) is 20. The zero-order chi connectivity index (χ0) is 31.2. The maximum Gasteiger partial charge on any atom is 0.303 e. The fraction of sp³-hybridized carbons (Fsp3) is 0.737. The minimum atomic E-state index is -0.672. The predicted octanol–water partition coefficient (Wildman–Crippen LogP) is 12.5. The average molecular weight is 589 g/mol. The van der Waals surface area contributed by atoms with Crippen LogP contribution in [0.3, 0.4) is 0 Å². The van der Waals surface area contributed by atoms with E-state index >= 15 is 0 Å². The van der Waals surface area contributed by atoms with Crippen LogP contribution in [-0.2, 0) is 9.59 Å². The highest BCUT2D eigenvalue weighted by Gasteiger charge is 1.97. The van der Waals surface area contributed by atoms with Crippen molar-refractivity contribution in [2.45, 2.75) is 181 Å². The molecular weight excluding hydrogens is 520 g/mol. The zero-order valence-electron chi connectivity index (χ0n) is 27.7. The van der Waals surface area contributed by atoms with Gasteiger partial charge in [0.1, 0.15) is 0 Å². The summed E-state index contributed by atoms with van der Waals surface area (Å²) in [4.78, 5) is 20.7. The maximum atomic E-state index is 10.3. The van der Waals surface area contributed by atoms with Gasteiger partial charge in [-0.3, -0.25) is 9.59 Å². The minimum absolute atomic E-state index is 0.322. The number of carbonyl (C=O) groups is 2. The Bertz CT molecular complexity index is 675. The zero-order valence-corrected chi connectivity index (χ0v) is 27.7. The molecule has 0 saturated carbocycles. The van der Waals surface area contributed by atoms with E-state index in [0.717, 1.165) is 38.5 Å². The van der Waals surface area contributed by atoms with Gasteiger partial charge in [-0.15, -0.1) is 0 Å². The first kappa shape index (κ1) is 42.0. The average Bonchev–Trinajstić information content (AvgIpc) is 2.97. The van der Waals surface area contributed by atoms with E-state index < -0.39 is 11.9 Å². The van der Waals surface area contributed by atoms with Crippen LogP contribution in [0.25, 0.3) is 0 Å². The van der Waals surface area contributed by atoms with Gasteiger partial charge in [0.05, 0.1) is 0 Å². The Balaban J connectivity index is 0. The molecule has 0 rings (SSSR count). The van der Waals surface area contributed by atoms with Crippen LogP contribution in [0.15, 0.2) is 48.6 Å². The second-order valence-corrected chi connectivity index (χ2v) is 11.5. The van der Waals surface area contributed by atoms with Crippen molar-refractivity contribution < 1.29 is 19.8 Å². The molecule has 0 bridgehead atoms. The Morgan fingerprint density at radius 3 is 0.881 bits per heavy atom. The van der Waals surface area contributed by atoms with Crippen molar-refractivity contribution in [2.24, 2.45) is 0 Å². The Kier molecular flexibility index (Phi) is 38.9. The van der Waals surface area contributed by atoms with Crippen molar-refractivity contribution in [2.75, 3.05) is 0 Å². The standard InChI is InChI=1S/C20H36O2.C18H32O2/c1-2-3-4-5-6-7-8-9-10-11-12-13-14-15-16-17-18-19-20(21)22;1-2-3-4-5-6-7-8-9-10-11-12-13-14-15-16-17-18(19)20/h7-10H,2-6,11-19H2,1H3,(H,21,22);7-10H,2-6,11-17H2,1H3,(H,19,20)/b2*8-7-,10-9-. The van der Waals surface area contributed by atoms with Crippen LogP contribution in [0, 0.1) is 0 Å². The summed E-state index contributed by atoms with van der Waals surface area (Å²) in [5, 5.41) is 17.0. The third kappa shape index (κ3) is 44.9. The summed E-state index contributed by atoms with van der Waals surface area (Å²) >= 11 is 0. The molecule has 0 radical (unpaired) electrons. The summed E-state index contributed by atoms with van der Waals surface area (Å²) in [5.41, 5.74) is 0. The highest BCUT2D eigenvalue weighted by Crippen LogP contribution is 2.10. The maximum absolute atomic E-state index is 10.3. The lowest BCUT2D eigenvalue weighted by Crippen LogP contribution is -1.93. The van der Waals surface area contributed by atoms with E-state index in [-0.39, 0.29) is 0 Å². The molecule has 0 saturated heterocycles. The molecule has 4 nitrogen and oxygen atoms in total. The molecule has 0 spiro atoms. The van der Waals surface area contributed by atoms with Gasteiger partial charge >= 0.3 is 11.9 Å². The van der Waals surface area contributed by atoms with Gasteiger partial charge in [-0.25, -0.2) is 0 Å². The predicted molar refractivity (Wildman–Crippen MR) is 183 cm³/mol. The second-order valence-electron chi connectivity index (χ2n) is 11.5. The van der Waals surface area contributed by atoms with Crippen molar-refractivity contribution in [3.63, 3.8) is 0 Å². The Labute approximate surface area is 260 Å². The molecule has 0 aliphatic rings. The normalized spacial score (nSPS) is 11.7. The molecule has 0 atom stereocenters. The number of hydrogen-bond donors (Lipinski definition) is 2. The van der Waals surface area contributed by atoms with E-state index in [1.54, 1.807) is 0 Å². The minimum Gasteiger partial charge on any atom is -0.481 e. The molecule has 0 unspecified atom stereocenters. The molecule has 0 fully saturated rings. The summed E-state index contributed by atoms with van der Waals surface area (Å²) in [6.07, 6.45) is 47.5. The number of aliphatic carboxylic acids is 2. The molecular formula is C38H68O4. The first-order chi connectivity index (χ1) is 20.5. The van der Waals surface area contributed by atoms with Gasteiger partial charge in [0.25, 0.3) is 0 Å². The van der Waals surface area contributed by atoms with Crippen LogP contribution in [-0.4, -0.2) is 22.2 Å². The Morgan fingerprint density at radius 2 is 0.619 bits per heavy atom. The molecule has 0 aromatic heterocycles. The number of allylic oxidation sites excluding steroid dienone is 8. The third-order valence-electron chi connectivity index (χ3n) is 7.24. The van der Waals surface area contributed by atoms with Gasteiger partial charge in [0.2, 0.25) is 0 Å². The number of rotatable bonds is 30. The summed E-state index contributed by atoms with van der Waals surface area (Å²) < 4.78 is 0. The number of carboxylic acid groups (broad SMARTS) is 2. The van der Waals surface area contributed by atoms with Crippen LogP contribution in [0.2, 0.25) is 0 Å². The van der Waals surface area contributed by atoms with Crippen molar-refractivity contribution in [1.82, 2.24) is 0 Å². The van der Waals surface area contributed by atoms with E-state index in [1.165, 1.54) is 116 Å². The van der Waals surface area contributed by atoms with Gasteiger partial charge < -0.3 is 10.2 Å². The molecule has 0 amide bonds. The Morgan fingerprint density at radius 1 is 0.381 bits per heavy atom. The van der Waals surface area contributed by atoms with E-state index in [2.05, 4.69) is 62.5 Å². The van der Waals surface area contributed by atoms with Crippen LogP contribution in [0.1, 0.15) is 181 Å². The first-order valence-electron chi connectivity index (χ1n) is 17.6. The van der Waals surface area contributed by atoms with Crippen LogP contribution >= 0.6 is 0 Å². The molecule has 0 aliphatic carbocycles.